The van der Waals surface area contributed by atoms with Gasteiger partial charge in [-0.15, -0.1) is 0 Å². The molecule has 0 aliphatic carbocycles. The van der Waals surface area contributed by atoms with Gasteiger partial charge in [0.15, 0.2) is 23.1 Å². The Morgan fingerprint density at radius 2 is 1.88 bits per heavy atom. The number of nitrogens with one attached hydrogen (secondary N) is 1. The predicted molar refractivity (Wildman–Crippen MR) is 127 cm³/mol. The number of anilines is 5. The van der Waals surface area contributed by atoms with Crippen LogP contribution in [0.5, 0.6) is 11.5 Å². The summed E-state index contributed by atoms with van der Waals surface area (Å²) < 4.78 is 30.5. The molecule has 3 aromatic rings. The fraction of sp³-hybridized carbons (Fsp3) is 0.333. The molecule has 1 fully saturated rings. The van der Waals surface area contributed by atoms with Crippen molar-refractivity contribution in [1.82, 2.24) is 9.97 Å². The topological polar surface area (TPSA) is 75.2 Å². The SMILES string of the molecule is CN1CN(c2cccc(F)c2)c2nc(N3CCOCC3)nc(NCc3ccc4c(c3)OCO4)c21. The molecule has 4 heterocycles. The van der Waals surface area contributed by atoms with E-state index in [-0.39, 0.29) is 12.6 Å². The van der Waals surface area contributed by atoms with Crippen LogP contribution in [0.25, 0.3) is 0 Å². The minimum Gasteiger partial charge on any atom is -0.454 e. The summed E-state index contributed by atoms with van der Waals surface area (Å²) in [4.78, 5) is 16.0. The summed E-state index contributed by atoms with van der Waals surface area (Å²) in [6.45, 7) is 4.04. The third-order valence-corrected chi connectivity index (χ3v) is 6.16. The van der Waals surface area contributed by atoms with Crippen LogP contribution < -0.4 is 29.5 Å². The Balaban J connectivity index is 1.37. The van der Waals surface area contributed by atoms with Crippen LogP contribution in [0.1, 0.15) is 5.56 Å². The quantitative estimate of drug-likeness (QED) is 0.612. The molecule has 3 aliphatic heterocycles. The van der Waals surface area contributed by atoms with Crippen molar-refractivity contribution in [3.63, 3.8) is 0 Å². The smallest absolute Gasteiger partial charge is 0.231 e. The summed E-state index contributed by atoms with van der Waals surface area (Å²) in [5.74, 6) is 3.33. The Morgan fingerprint density at radius 3 is 2.74 bits per heavy atom. The fourth-order valence-corrected chi connectivity index (χ4v) is 4.43. The number of halogens is 1. The van der Waals surface area contributed by atoms with E-state index in [0.29, 0.717) is 32.4 Å². The number of hydrogen-bond donors (Lipinski definition) is 1. The number of hydrogen-bond acceptors (Lipinski definition) is 9. The van der Waals surface area contributed by atoms with Gasteiger partial charge >= 0.3 is 0 Å². The highest BCUT2D eigenvalue weighted by Gasteiger charge is 2.32. The maximum absolute atomic E-state index is 14.0. The zero-order valence-electron chi connectivity index (χ0n) is 18.8. The summed E-state index contributed by atoms with van der Waals surface area (Å²) in [5.41, 5.74) is 2.67. The van der Waals surface area contributed by atoms with Crippen LogP contribution in [0, 0.1) is 5.82 Å². The first-order valence-corrected chi connectivity index (χ1v) is 11.3. The highest BCUT2D eigenvalue weighted by molar-refractivity contribution is 5.87. The average molecular weight is 465 g/mol. The lowest BCUT2D eigenvalue weighted by Gasteiger charge is -2.28. The van der Waals surface area contributed by atoms with Crippen molar-refractivity contribution >= 4 is 29.0 Å². The van der Waals surface area contributed by atoms with Crippen molar-refractivity contribution in [2.24, 2.45) is 0 Å². The van der Waals surface area contributed by atoms with Gasteiger partial charge in [-0.05, 0) is 35.9 Å². The molecular formula is C24H25FN6O3. The molecule has 0 saturated carbocycles. The van der Waals surface area contributed by atoms with E-state index in [0.717, 1.165) is 53.2 Å². The molecule has 9 nitrogen and oxygen atoms in total. The zero-order valence-corrected chi connectivity index (χ0v) is 18.8. The molecule has 1 saturated heterocycles. The first-order valence-electron chi connectivity index (χ1n) is 11.3. The standard InChI is InChI=1S/C24H25FN6O3/c1-29-14-31(18-4-2-3-17(25)12-18)23-21(29)22(27-24(28-23)30-7-9-32-10-8-30)26-13-16-5-6-19-20(11-16)34-15-33-19/h2-6,11-12H,7-10,13-15H2,1H3,(H,26,27,28). The number of fused-ring (bicyclic) bond motifs is 2. The minimum absolute atomic E-state index is 0.245. The Kier molecular flexibility index (Phi) is 5.21. The molecule has 6 rings (SSSR count). The molecule has 0 amide bonds. The maximum atomic E-state index is 14.0. The Labute approximate surface area is 196 Å². The number of aromatic nitrogens is 2. The minimum atomic E-state index is -0.280. The summed E-state index contributed by atoms with van der Waals surface area (Å²) in [5, 5.41) is 3.50. The van der Waals surface area contributed by atoms with E-state index in [2.05, 4.69) is 15.1 Å². The largest absolute Gasteiger partial charge is 0.454 e. The van der Waals surface area contributed by atoms with Crippen molar-refractivity contribution in [2.75, 3.05) is 66.8 Å². The maximum Gasteiger partial charge on any atom is 0.231 e. The first kappa shape index (κ1) is 20.8. The van der Waals surface area contributed by atoms with E-state index in [9.17, 15) is 4.39 Å². The second kappa shape index (κ2) is 8.53. The number of morpholine rings is 1. The molecule has 1 N–H and O–H groups in total. The van der Waals surface area contributed by atoms with E-state index in [1.165, 1.54) is 12.1 Å². The molecule has 0 radical (unpaired) electrons. The Bertz CT molecular complexity index is 1220. The van der Waals surface area contributed by atoms with Gasteiger partial charge < -0.3 is 34.2 Å². The van der Waals surface area contributed by atoms with Crippen LogP contribution in [-0.2, 0) is 11.3 Å². The second-order valence-electron chi connectivity index (χ2n) is 8.43. The predicted octanol–water partition coefficient (Wildman–Crippen LogP) is 3.34. The normalized spacial score (nSPS) is 16.7. The number of nitrogens with zero attached hydrogens (tertiary/aromatic N) is 5. The molecule has 176 valence electrons. The summed E-state index contributed by atoms with van der Waals surface area (Å²) in [6, 6.07) is 12.5. The van der Waals surface area contributed by atoms with Crippen LogP contribution in [0.2, 0.25) is 0 Å². The highest BCUT2D eigenvalue weighted by Crippen LogP contribution is 2.44. The van der Waals surface area contributed by atoms with Crippen LogP contribution in [0.4, 0.5) is 33.3 Å². The molecule has 0 atom stereocenters. The lowest BCUT2D eigenvalue weighted by molar-refractivity contribution is 0.122. The van der Waals surface area contributed by atoms with Gasteiger partial charge in [0.2, 0.25) is 12.7 Å². The van der Waals surface area contributed by atoms with Crippen molar-refractivity contribution in [3.05, 3.63) is 53.8 Å². The molecule has 0 unspecified atom stereocenters. The van der Waals surface area contributed by atoms with Crippen molar-refractivity contribution < 1.29 is 18.6 Å². The molecular weight excluding hydrogens is 439 g/mol. The third kappa shape index (κ3) is 3.79. The van der Waals surface area contributed by atoms with Crippen molar-refractivity contribution in [1.29, 1.82) is 0 Å². The Morgan fingerprint density at radius 1 is 1.03 bits per heavy atom. The van der Waals surface area contributed by atoms with E-state index >= 15 is 0 Å². The monoisotopic (exact) mass is 464 g/mol. The van der Waals surface area contributed by atoms with E-state index < -0.39 is 0 Å². The summed E-state index contributed by atoms with van der Waals surface area (Å²) >= 11 is 0. The molecule has 3 aliphatic rings. The van der Waals surface area contributed by atoms with E-state index in [4.69, 9.17) is 24.2 Å². The van der Waals surface area contributed by atoms with E-state index in [1.807, 2.05) is 36.2 Å². The molecule has 2 aromatic carbocycles. The third-order valence-electron chi connectivity index (χ3n) is 6.16. The van der Waals surface area contributed by atoms with Crippen LogP contribution in [0.15, 0.2) is 42.5 Å². The van der Waals surface area contributed by atoms with Crippen molar-refractivity contribution in [3.8, 4) is 11.5 Å². The van der Waals surface area contributed by atoms with Gasteiger partial charge in [-0.25, -0.2) is 4.39 Å². The van der Waals surface area contributed by atoms with Crippen molar-refractivity contribution in [2.45, 2.75) is 6.54 Å². The van der Waals surface area contributed by atoms with Gasteiger partial charge in [-0.2, -0.15) is 9.97 Å². The molecule has 10 heteroatoms. The van der Waals surface area contributed by atoms with Gasteiger partial charge in [0.05, 0.1) is 19.9 Å². The van der Waals surface area contributed by atoms with Gasteiger partial charge in [0.1, 0.15) is 11.5 Å². The average Bonchev–Trinajstić information content (AvgIpc) is 3.47. The number of ether oxygens (including phenoxy) is 3. The summed E-state index contributed by atoms with van der Waals surface area (Å²) in [7, 11) is 1.99. The van der Waals surface area contributed by atoms with Gasteiger partial charge in [-0.1, -0.05) is 12.1 Å². The van der Waals surface area contributed by atoms with Crippen LogP contribution in [-0.4, -0.2) is 56.8 Å². The highest BCUT2D eigenvalue weighted by atomic mass is 19.1. The number of rotatable bonds is 5. The van der Waals surface area contributed by atoms with Crippen LogP contribution >= 0.6 is 0 Å². The lowest BCUT2D eigenvalue weighted by Crippen LogP contribution is -2.37. The first-order chi connectivity index (χ1) is 16.7. The second-order valence-corrected chi connectivity index (χ2v) is 8.43. The zero-order chi connectivity index (χ0) is 23.1. The number of benzene rings is 2. The summed E-state index contributed by atoms with van der Waals surface area (Å²) in [6.07, 6.45) is 0. The molecule has 34 heavy (non-hydrogen) atoms. The van der Waals surface area contributed by atoms with Gasteiger partial charge in [-0.3, -0.25) is 0 Å². The molecule has 1 aromatic heterocycles. The molecule has 0 bridgehead atoms. The Hall–Kier alpha value is -3.79. The van der Waals surface area contributed by atoms with Gasteiger partial charge in [0.25, 0.3) is 0 Å². The van der Waals surface area contributed by atoms with E-state index in [1.54, 1.807) is 6.07 Å². The molecule has 0 spiro atoms. The fourth-order valence-electron chi connectivity index (χ4n) is 4.43. The van der Waals surface area contributed by atoms with Crippen LogP contribution in [0.3, 0.4) is 0 Å². The van der Waals surface area contributed by atoms with Gasteiger partial charge in [0, 0.05) is 32.4 Å². The lowest BCUT2D eigenvalue weighted by atomic mass is 10.2.